The van der Waals surface area contributed by atoms with Crippen molar-refractivity contribution in [3.63, 3.8) is 0 Å². The molecule has 0 aliphatic carbocycles. The summed E-state index contributed by atoms with van der Waals surface area (Å²) in [5, 5.41) is 9.64. The zero-order valence-corrected chi connectivity index (χ0v) is 18.3. The van der Waals surface area contributed by atoms with E-state index >= 15 is 0 Å². The molecule has 3 N–H and O–H groups in total. The summed E-state index contributed by atoms with van der Waals surface area (Å²) in [7, 11) is 0. The fourth-order valence-corrected chi connectivity index (χ4v) is 3.58. The summed E-state index contributed by atoms with van der Waals surface area (Å²) in [6.45, 7) is 0. The minimum atomic E-state index is -0.446. The van der Waals surface area contributed by atoms with E-state index in [1.807, 2.05) is 0 Å². The first-order valence-electron chi connectivity index (χ1n) is 10.7. The van der Waals surface area contributed by atoms with E-state index in [1.165, 1.54) is 30.3 Å². The van der Waals surface area contributed by atoms with E-state index in [4.69, 9.17) is 0 Å². The van der Waals surface area contributed by atoms with E-state index in [1.54, 1.807) is 67.1 Å². The van der Waals surface area contributed by atoms with Gasteiger partial charge < -0.3 is 16.0 Å². The van der Waals surface area contributed by atoms with Crippen LogP contribution >= 0.6 is 0 Å². The highest BCUT2D eigenvalue weighted by Gasteiger charge is 2.10. The lowest BCUT2D eigenvalue weighted by molar-refractivity contribution is 0.102. The number of rotatable bonds is 6. The van der Waals surface area contributed by atoms with Crippen molar-refractivity contribution in [2.45, 2.75) is 0 Å². The van der Waals surface area contributed by atoms with Crippen molar-refractivity contribution in [1.29, 1.82) is 0 Å². The van der Waals surface area contributed by atoms with Crippen molar-refractivity contribution >= 4 is 45.2 Å². The molecule has 0 saturated heterocycles. The lowest BCUT2D eigenvalue weighted by atomic mass is 10.1. The summed E-state index contributed by atoms with van der Waals surface area (Å²) < 4.78 is 27.9. The summed E-state index contributed by atoms with van der Waals surface area (Å²) in [5.41, 5.74) is 3.87. The Morgan fingerprint density at radius 1 is 0.686 bits per heavy atom. The summed E-state index contributed by atoms with van der Waals surface area (Å²) >= 11 is 0. The molecule has 5 aromatic rings. The third-order valence-electron chi connectivity index (χ3n) is 5.31. The molecule has 0 unspecified atom stereocenters. The molecule has 6 nitrogen and oxygen atoms in total. The molecule has 3 aromatic carbocycles. The Morgan fingerprint density at radius 2 is 1.40 bits per heavy atom. The van der Waals surface area contributed by atoms with Gasteiger partial charge in [0, 0.05) is 52.3 Å². The maximum absolute atomic E-state index is 14.2. The van der Waals surface area contributed by atoms with E-state index in [2.05, 4.69) is 25.9 Å². The minimum absolute atomic E-state index is 0.231. The second-order valence-corrected chi connectivity index (χ2v) is 7.73. The maximum atomic E-state index is 14.2. The Kier molecular flexibility index (Phi) is 6.00. The van der Waals surface area contributed by atoms with Crippen LogP contribution in [0.1, 0.15) is 10.4 Å². The van der Waals surface area contributed by atoms with Gasteiger partial charge >= 0.3 is 0 Å². The van der Waals surface area contributed by atoms with Crippen LogP contribution in [0.4, 0.5) is 37.2 Å². The van der Waals surface area contributed by atoms with E-state index in [0.717, 1.165) is 5.69 Å². The highest BCUT2D eigenvalue weighted by molar-refractivity contribution is 6.04. The fraction of sp³-hybridized carbons (Fsp3) is 0. The Hall–Kier alpha value is -4.85. The van der Waals surface area contributed by atoms with Crippen LogP contribution in [0.5, 0.6) is 0 Å². The van der Waals surface area contributed by atoms with Gasteiger partial charge in [0.05, 0.1) is 11.2 Å². The molecule has 0 radical (unpaired) electrons. The SMILES string of the molecule is O=C(Nc1ccc(F)c(Nc2ccncc2)c1)c1ccc(Nc2ccnc3ccc(F)cc23)cc1. The third-order valence-corrected chi connectivity index (χ3v) is 5.31. The Balaban J connectivity index is 1.29. The molecule has 0 aliphatic rings. The molecule has 8 heteroatoms. The first kappa shape index (κ1) is 22.0. The van der Waals surface area contributed by atoms with Gasteiger partial charge in [-0.3, -0.25) is 14.8 Å². The largest absolute Gasteiger partial charge is 0.355 e. The Morgan fingerprint density at radius 3 is 2.20 bits per heavy atom. The van der Waals surface area contributed by atoms with Gasteiger partial charge in [-0.1, -0.05) is 0 Å². The van der Waals surface area contributed by atoms with Crippen molar-refractivity contribution in [2.24, 2.45) is 0 Å². The third kappa shape index (κ3) is 5.06. The van der Waals surface area contributed by atoms with E-state index in [9.17, 15) is 13.6 Å². The molecule has 0 spiro atoms. The normalized spacial score (nSPS) is 10.7. The number of pyridine rings is 2. The van der Waals surface area contributed by atoms with Gasteiger partial charge in [0.2, 0.25) is 0 Å². The lowest BCUT2D eigenvalue weighted by Crippen LogP contribution is -2.12. The van der Waals surface area contributed by atoms with E-state index in [0.29, 0.717) is 33.5 Å². The van der Waals surface area contributed by atoms with Crippen LogP contribution < -0.4 is 16.0 Å². The number of halogens is 2. The number of anilines is 5. The zero-order valence-electron chi connectivity index (χ0n) is 18.3. The Labute approximate surface area is 199 Å². The predicted octanol–water partition coefficient (Wildman–Crippen LogP) is 6.65. The first-order chi connectivity index (χ1) is 17.0. The van der Waals surface area contributed by atoms with Crippen LogP contribution in [-0.2, 0) is 0 Å². The molecular weight excluding hydrogens is 448 g/mol. The minimum Gasteiger partial charge on any atom is -0.355 e. The van der Waals surface area contributed by atoms with Crippen molar-refractivity contribution in [2.75, 3.05) is 16.0 Å². The van der Waals surface area contributed by atoms with Gasteiger partial charge in [-0.25, -0.2) is 8.78 Å². The number of nitrogens with one attached hydrogen (secondary N) is 3. The van der Waals surface area contributed by atoms with Gasteiger partial charge in [0.1, 0.15) is 11.6 Å². The summed E-state index contributed by atoms with van der Waals surface area (Å²) in [6, 6.07) is 20.7. The number of hydrogen-bond acceptors (Lipinski definition) is 5. The molecule has 1 amide bonds. The second-order valence-electron chi connectivity index (χ2n) is 7.73. The number of nitrogens with zero attached hydrogens (tertiary/aromatic N) is 2. The zero-order chi connectivity index (χ0) is 24.2. The van der Waals surface area contributed by atoms with Gasteiger partial charge in [-0.2, -0.15) is 0 Å². The highest BCUT2D eigenvalue weighted by Crippen LogP contribution is 2.27. The van der Waals surface area contributed by atoms with Gasteiger partial charge in [-0.05, 0) is 78.9 Å². The number of carbonyl (C=O) groups excluding carboxylic acids is 1. The molecule has 0 aliphatic heterocycles. The highest BCUT2D eigenvalue weighted by atomic mass is 19.1. The molecule has 2 heterocycles. The van der Waals surface area contributed by atoms with Crippen LogP contribution in [0, 0.1) is 11.6 Å². The molecule has 0 fully saturated rings. The smallest absolute Gasteiger partial charge is 0.255 e. The average Bonchev–Trinajstić information content (AvgIpc) is 2.87. The number of aromatic nitrogens is 2. The quantitative estimate of drug-likeness (QED) is 0.261. The van der Waals surface area contributed by atoms with Crippen molar-refractivity contribution in [3.8, 4) is 0 Å². The second kappa shape index (κ2) is 9.56. The number of carbonyl (C=O) groups is 1. The lowest BCUT2D eigenvalue weighted by Gasteiger charge is -2.12. The predicted molar refractivity (Wildman–Crippen MR) is 133 cm³/mol. The van der Waals surface area contributed by atoms with Crippen molar-refractivity contribution in [3.05, 3.63) is 115 Å². The van der Waals surface area contributed by atoms with Crippen molar-refractivity contribution in [1.82, 2.24) is 9.97 Å². The number of hydrogen-bond donors (Lipinski definition) is 3. The first-order valence-corrected chi connectivity index (χ1v) is 10.7. The number of amides is 1. The summed E-state index contributed by atoms with van der Waals surface area (Å²) in [5.74, 6) is -1.13. The standard InChI is InChI=1S/C27H19F2N5O/c28-18-3-8-24-22(15-18)25(11-14-31-24)32-19-4-1-17(2-5-19)27(35)34-21-6-7-23(29)26(16-21)33-20-9-12-30-13-10-20/h1-16H,(H,30,33)(H,31,32)(H,34,35). The molecule has 2 aromatic heterocycles. The van der Waals surface area contributed by atoms with Gasteiger partial charge in [0.15, 0.2) is 0 Å². The van der Waals surface area contributed by atoms with Crippen LogP contribution in [-0.4, -0.2) is 15.9 Å². The molecule has 0 saturated carbocycles. The molecule has 172 valence electrons. The van der Waals surface area contributed by atoms with Crippen LogP contribution in [0.25, 0.3) is 10.9 Å². The molecular formula is C27H19F2N5O. The number of fused-ring (bicyclic) bond motifs is 1. The summed E-state index contributed by atoms with van der Waals surface area (Å²) in [4.78, 5) is 20.9. The van der Waals surface area contributed by atoms with Gasteiger partial charge in [0.25, 0.3) is 5.91 Å². The monoisotopic (exact) mass is 467 g/mol. The topological polar surface area (TPSA) is 78.9 Å². The van der Waals surface area contributed by atoms with Crippen LogP contribution in [0.2, 0.25) is 0 Å². The van der Waals surface area contributed by atoms with E-state index < -0.39 is 5.82 Å². The Bertz CT molecular complexity index is 1510. The van der Waals surface area contributed by atoms with Crippen LogP contribution in [0.3, 0.4) is 0 Å². The molecule has 5 rings (SSSR count). The van der Waals surface area contributed by atoms with Crippen LogP contribution in [0.15, 0.2) is 97.5 Å². The van der Waals surface area contributed by atoms with Crippen molar-refractivity contribution < 1.29 is 13.6 Å². The average molecular weight is 467 g/mol. The molecule has 0 atom stereocenters. The molecule has 35 heavy (non-hydrogen) atoms. The summed E-state index contributed by atoms with van der Waals surface area (Å²) in [6.07, 6.45) is 4.84. The number of benzene rings is 3. The van der Waals surface area contributed by atoms with E-state index in [-0.39, 0.29) is 17.4 Å². The maximum Gasteiger partial charge on any atom is 0.255 e. The fourth-order valence-electron chi connectivity index (χ4n) is 3.58. The molecule has 0 bridgehead atoms. The van der Waals surface area contributed by atoms with Gasteiger partial charge in [-0.15, -0.1) is 0 Å².